The van der Waals surface area contributed by atoms with Crippen molar-refractivity contribution in [3.8, 4) is 5.75 Å². The van der Waals surface area contributed by atoms with Gasteiger partial charge in [0.25, 0.3) is 0 Å². The molecular formula is C19H18ClFN4O2S. The summed E-state index contributed by atoms with van der Waals surface area (Å²) in [6.45, 7) is 2.69. The number of hydrogen-bond acceptors (Lipinski definition) is 5. The fourth-order valence-corrected chi connectivity index (χ4v) is 3.48. The first-order chi connectivity index (χ1) is 13.6. The fraction of sp³-hybridized carbons (Fsp3) is 0.211. The third kappa shape index (κ3) is 5.24. The molecule has 0 aliphatic rings. The van der Waals surface area contributed by atoms with Gasteiger partial charge in [-0.25, -0.2) is 4.39 Å². The molecule has 1 N–H and O–H groups in total. The first kappa shape index (κ1) is 20.2. The lowest BCUT2D eigenvalue weighted by Crippen LogP contribution is -2.14. The molecule has 28 heavy (non-hydrogen) atoms. The Morgan fingerprint density at radius 1 is 1.25 bits per heavy atom. The van der Waals surface area contributed by atoms with Crippen LogP contribution in [0.25, 0.3) is 0 Å². The summed E-state index contributed by atoms with van der Waals surface area (Å²) in [4.78, 5) is 12.1. The van der Waals surface area contributed by atoms with Gasteiger partial charge in [0, 0.05) is 12.2 Å². The van der Waals surface area contributed by atoms with Crippen LogP contribution in [-0.4, -0.2) is 26.4 Å². The summed E-state index contributed by atoms with van der Waals surface area (Å²) in [7, 11) is 0. The minimum absolute atomic E-state index is 0.127. The van der Waals surface area contributed by atoms with Crippen molar-refractivity contribution in [3.05, 3.63) is 65.2 Å². The molecule has 1 heterocycles. The Bertz CT molecular complexity index is 952. The molecule has 0 saturated carbocycles. The second-order valence-corrected chi connectivity index (χ2v) is 7.06. The second kappa shape index (κ2) is 9.57. The third-order valence-electron chi connectivity index (χ3n) is 3.75. The monoisotopic (exact) mass is 420 g/mol. The molecule has 2 aromatic carbocycles. The molecule has 0 unspecified atom stereocenters. The predicted molar refractivity (Wildman–Crippen MR) is 107 cm³/mol. The Labute approximate surface area is 171 Å². The number of benzene rings is 2. The van der Waals surface area contributed by atoms with Gasteiger partial charge in [0.15, 0.2) is 11.0 Å². The number of anilines is 1. The van der Waals surface area contributed by atoms with Crippen molar-refractivity contribution in [1.29, 1.82) is 0 Å². The van der Waals surface area contributed by atoms with E-state index in [9.17, 15) is 9.18 Å². The van der Waals surface area contributed by atoms with E-state index < -0.39 is 5.82 Å². The van der Waals surface area contributed by atoms with E-state index in [1.807, 2.05) is 41.8 Å². The van der Waals surface area contributed by atoms with Crippen molar-refractivity contribution < 1.29 is 13.9 Å². The molecule has 9 heteroatoms. The van der Waals surface area contributed by atoms with Crippen molar-refractivity contribution in [2.24, 2.45) is 0 Å². The van der Waals surface area contributed by atoms with Crippen LogP contribution < -0.4 is 10.1 Å². The number of carbonyl (C=O) groups excluding carboxylic acids is 1. The fourth-order valence-electron chi connectivity index (χ4n) is 2.43. The number of halogens is 2. The minimum Gasteiger partial charge on any atom is -0.484 e. The number of aromatic nitrogens is 3. The number of hydrogen-bond donors (Lipinski definition) is 1. The van der Waals surface area contributed by atoms with Crippen LogP contribution in [0, 0.1) is 5.82 Å². The highest BCUT2D eigenvalue weighted by Crippen LogP contribution is 2.26. The van der Waals surface area contributed by atoms with Crippen molar-refractivity contribution in [3.63, 3.8) is 0 Å². The van der Waals surface area contributed by atoms with Crippen molar-refractivity contribution in [1.82, 2.24) is 14.8 Å². The molecule has 0 atom stereocenters. The van der Waals surface area contributed by atoms with Gasteiger partial charge in [-0.05, 0) is 37.3 Å². The summed E-state index contributed by atoms with van der Waals surface area (Å²) in [5.41, 5.74) is 0.746. The molecule has 3 aromatic rings. The molecule has 0 aliphatic carbocycles. The lowest BCUT2D eigenvalue weighted by atomic mass is 10.3. The zero-order valence-electron chi connectivity index (χ0n) is 15.1. The van der Waals surface area contributed by atoms with E-state index in [2.05, 4.69) is 15.5 Å². The van der Waals surface area contributed by atoms with Gasteiger partial charge < -0.3 is 14.6 Å². The number of carbonyl (C=O) groups is 1. The third-order valence-corrected chi connectivity index (χ3v) is 5.01. The molecule has 0 spiro atoms. The number of amides is 1. The van der Waals surface area contributed by atoms with E-state index in [4.69, 9.17) is 16.3 Å². The van der Waals surface area contributed by atoms with Crippen LogP contribution in [-0.2, 0) is 17.9 Å². The number of rotatable bonds is 8. The largest absolute Gasteiger partial charge is 0.484 e. The number of para-hydroxylation sites is 1. The molecule has 1 amide bonds. The van der Waals surface area contributed by atoms with Gasteiger partial charge in [-0.1, -0.05) is 41.6 Å². The molecule has 146 valence electrons. The average molecular weight is 421 g/mol. The molecule has 0 bridgehead atoms. The summed E-state index contributed by atoms with van der Waals surface area (Å²) < 4.78 is 20.6. The number of thioether (sulfide) groups is 1. The average Bonchev–Trinajstić information content (AvgIpc) is 3.08. The zero-order chi connectivity index (χ0) is 19.9. The van der Waals surface area contributed by atoms with E-state index in [-0.39, 0.29) is 23.3 Å². The highest BCUT2D eigenvalue weighted by molar-refractivity contribution is 7.99. The van der Waals surface area contributed by atoms with Crippen LogP contribution in [0.15, 0.2) is 53.7 Å². The van der Waals surface area contributed by atoms with Crippen LogP contribution in [0.5, 0.6) is 5.75 Å². The Balaban J connectivity index is 1.59. The lowest BCUT2D eigenvalue weighted by molar-refractivity contribution is -0.113. The van der Waals surface area contributed by atoms with Crippen LogP contribution in [0.4, 0.5) is 10.1 Å². The topological polar surface area (TPSA) is 69.0 Å². The highest BCUT2D eigenvalue weighted by Gasteiger charge is 2.14. The quantitative estimate of drug-likeness (QED) is 0.547. The molecule has 0 fully saturated rings. The number of ether oxygens (including phenoxy) is 1. The lowest BCUT2D eigenvalue weighted by Gasteiger charge is -2.10. The van der Waals surface area contributed by atoms with E-state index in [0.717, 1.165) is 5.69 Å². The summed E-state index contributed by atoms with van der Waals surface area (Å²) >= 11 is 7.26. The van der Waals surface area contributed by atoms with E-state index >= 15 is 0 Å². The molecule has 3 rings (SSSR count). The van der Waals surface area contributed by atoms with Crippen molar-refractivity contribution in [2.45, 2.75) is 25.2 Å². The standard InChI is InChI=1S/C19H18ClFN4O2S/c1-2-25-17(11-27-16-9-8-13(21)10-15(16)20)23-24-19(25)28-12-18(26)22-14-6-4-3-5-7-14/h3-10H,2,11-12H2,1H3,(H,22,26). The van der Waals surface area contributed by atoms with Gasteiger partial charge in [-0.3, -0.25) is 4.79 Å². The summed E-state index contributed by atoms with van der Waals surface area (Å²) in [5.74, 6) is 0.607. The van der Waals surface area contributed by atoms with Crippen LogP contribution >= 0.6 is 23.4 Å². The zero-order valence-corrected chi connectivity index (χ0v) is 16.6. The Kier molecular flexibility index (Phi) is 6.89. The maximum absolute atomic E-state index is 13.1. The first-order valence-corrected chi connectivity index (χ1v) is 9.90. The summed E-state index contributed by atoms with van der Waals surface area (Å²) in [6, 6.07) is 13.2. The van der Waals surface area contributed by atoms with Gasteiger partial charge in [-0.15, -0.1) is 10.2 Å². The van der Waals surface area contributed by atoms with Crippen LogP contribution in [0.1, 0.15) is 12.7 Å². The van der Waals surface area contributed by atoms with E-state index in [1.54, 1.807) is 0 Å². The van der Waals surface area contributed by atoms with Gasteiger partial charge in [0.05, 0.1) is 10.8 Å². The van der Waals surface area contributed by atoms with Gasteiger partial charge in [-0.2, -0.15) is 0 Å². The van der Waals surface area contributed by atoms with Gasteiger partial charge >= 0.3 is 0 Å². The highest BCUT2D eigenvalue weighted by atomic mass is 35.5. The van der Waals surface area contributed by atoms with Crippen molar-refractivity contribution in [2.75, 3.05) is 11.1 Å². The van der Waals surface area contributed by atoms with Crippen LogP contribution in [0.3, 0.4) is 0 Å². The second-order valence-electron chi connectivity index (χ2n) is 5.71. The molecule has 0 radical (unpaired) electrons. The van der Waals surface area contributed by atoms with Crippen LogP contribution in [0.2, 0.25) is 5.02 Å². The Hall–Kier alpha value is -2.58. The van der Waals surface area contributed by atoms with E-state index in [1.165, 1.54) is 30.0 Å². The number of nitrogens with one attached hydrogen (secondary N) is 1. The Morgan fingerprint density at radius 2 is 2.04 bits per heavy atom. The van der Waals surface area contributed by atoms with Crippen molar-refractivity contribution >= 4 is 35.0 Å². The molecule has 0 saturated heterocycles. The van der Waals surface area contributed by atoms with Gasteiger partial charge in [0.1, 0.15) is 18.2 Å². The molecule has 0 aliphatic heterocycles. The SMILES string of the molecule is CCn1c(COc2ccc(F)cc2Cl)nnc1SCC(=O)Nc1ccccc1. The normalized spacial score (nSPS) is 10.7. The summed E-state index contributed by atoms with van der Waals surface area (Å²) in [5, 5.41) is 11.9. The predicted octanol–water partition coefficient (Wildman–Crippen LogP) is 4.40. The molecule has 1 aromatic heterocycles. The Morgan fingerprint density at radius 3 is 2.75 bits per heavy atom. The first-order valence-electron chi connectivity index (χ1n) is 8.54. The smallest absolute Gasteiger partial charge is 0.234 e. The molecular weight excluding hydrogens is 403 g/mol. The maximum Gasteiger partial charge on any atom is 0.234 e. The summed E-state index contributed by atoms with van der Waals surface area (Å²) in [6.07, 6.45) is 0. The number of nitrogens with zero attached hydrogens (tertiary/aromatic N) is 3. The van der Waals surface area contributed by atoms with Gasteiger partial charge in [0.2, 0.25) is 5.91 Å². The maximum atomic E-state index is 13.1. The minimum atomic E-state index is -0.429. The van der Waals surface area contributed by atoms with E-state index in [0.29, 0.717) is 23.3 Å². The molecule has 6 nitrogen and oxygen atoms in total.